The Hall–Kier alpha value is -1.62. The lowest BCUT2D eigenvalue weighted by Gasteiger charge is -2.35. The van der Waals surface area contributed by atoms with Gasteiger partial charge in [0.2, 0.25) is 0 Å². The smallest absolute Gasteiger partial charge is 0.266 e. The van der Waals surface area contributed by atoms with Gasteiger partial charge in [0.05, 0.1) is 5.69 Å². The van der Waals surface area contributed by atoms with E-state index in [1.165, 1.54) is 11.3 Å². The molecule has 2 aromatic rings. The molecule has 0 spiro atoms. The summed E-state index contributed by atoms with van der Waals surface area (Å²) in [6, 6.07) is 1.93. The Morgan fingerprint density at radius 2 is 2.19 bits per heavy atom. The summed E-state index contributed by atoms with van der Waals surface area (Å²) in [5.74, 6) is 1.28. The van der Waals surface area contributed by atoms with Crippen LogP contribution in [0.15, 0.2) is 12.3 Å². The fourth-order valence-electron chi connectivity index (χ4n) is 2.95. The van der Waals surface area contributed by atoms with Gasteiger partial charge in [-0.15, -0.1) is 11.3 Å². The van der Waals surface area contributed by atoms with Crippen LogP contribution in [0.5, 0.6) is 0 Å². The van der Waals surface area contributed by atoms with Gasteiger partial charge < -0.3 is 10.6 Å². The fourth-order valence-corrected chi connectivity index (χ4v) is 4.06. The van der Waals surface area contributed by atoms with Gasteiger partial charge in [0.15, 0.2) is 0 Å². The molecule has 1 fully saturated rings. The summed E-state index contributed by atoms with van der Waals surface area (Å²) in [5, 5.41) is 0.935. The monoisotopic (exact) mass is 303 g/mol. The zero-order chi connectivity index (χ0) is 15.1. The van der Waals surface area contributed by atoms with Crippen LogP contribution in [-0.4, -0.2) is 28.9 Å². The fraction of sp³-hybridized carbons (Fsp3) is 0.500. The Morgan fingerprint density at radius 3 is 2.86 bits per heavy atom. The number of thiophene rings is 1. The number of nitrogen functional groups attached to an aromatic ring is 1. The first-order chi connectivity index (χ1) is 9.99. The van der Waals surface area contributed by atoms with Crippen LogP contribution in [0.25, 0.3) is 10.2 Å². The van der Waals surface area contributed by atoms with Gasteiger partial charge in [-0.1, -0.05) is 13.8 Å². The molecule has 1 amide bonds. The molecular weight excluding hydrogens is 282 g/mol. The molecule has 0 aliphatic carbocycles. The number of hydrogen-bond acceptors (Lipinski definition) is 4. The molecular formula is C16H21N3OS. The molecule has 0 bridgehead atoms. The highest BCUT2D eigenvalue weighted by Gasteiger charge is 2.29. The van der Waals surface area contributed by atoms with E-state index in [0.717, 1.165) is 35.3 Å². The largest absolute Gasteiger partial charge is 0.397 e. The van der Waals surface area contributed by atoms with Crippen LogP contribution in [0.4, 0.5) is 5.69 Å². The molecule has 4 nitrogen and oxygen atoms in total. The number of carbonyl (C=O) groups is 1. The summed E-state index contributed by atoms with van der Waals surface area (Å²) in [5.41, 5.74) is 7.90. The van der Waals surface area contributed by atoms with E-state index >= 15 is 0 Å². The molecule has 2 unspecified atom stereocenters. The van der Waals surface area contributed by atoms with Crippen molar-refractivity contribution in [1.29, 1.82) is 0 Å². The molecule has 2 aromatic heterocycles. The van der Waals surface area contributed by atoms with Gasteiger partial charge in [-0.05, 0) is 36.8 Å². The number of pyridine rings is 1. The van der Waals surface area contributed by atoms with Crippen LogP contribution in [0.3, 0.4) is 0 Å². The summed E-state index contributed by atoms with van der Waals surface area (Å²) < 4.78 is 0. The second-order valence-corrected chi connectivity index (χ2v) is 7.15. The summed E-state index contributed by atoms with van der Waals surface area (Å²) in [7, 11) is 0. The van der Waals surface area contributed by atoms with Crippen molar-refractivity contribution in [1.82, 2.24) is 9.88 Å². The number of aryl methyl sites for hydroxylation is 1. The van der Waals surface area contributed by atoms with Crippen molar-refractivity contribution in [3.63, 3.8) is 0 Å². The molecule has 3 heterocycles. The topological polar surface area (TPSA) is 59.2 Å². The number of amides is 1. The molecule has 5 heteroatoms. The molecule has 1 aliphatic heterocycles. The lowest BCUT2D eigenvalue weighted by Crippen LogP contribution is -2.42. The lowest BCUT2D eigenvalue weighted by atomic mass is 9.88. The minimum Gasteiger partial charge on any atom is -0.397 e. The maximum atomic E-state index is 12.8. The molecule has 1 aliphatic rings. The highest BCUT2D eigenvalue weighted by Crippen LogP contribution is 2.36. The molecule has 0 radical (unpaired) electrons. The van der Waals surface area contributed by atoms with E-state index in [9.17, 15) is 4.79 Å². The first-order valence-corrected chi connectivity index (χ1v) is 8.23. The number of hydrogen-bond donors (Lipinski definition) is 1. The molecule has 21 heavy (non-hydrogen) atoms. The zero-order valence-corrected chi connectivity index (χ0v) is 13.5. The summed E-state index contributed by atoms with van der Waals surface area (Å²) >= 11 is 1.41. The molecule has 0 saturated carbocycles. The quantitative estimate of drug-likeness (QED) is 0.879. The zero-order valence-electron chi connectivity index (χ0n) is 12.7. The number of anilines is 1. The normalized spacial score (nSPS) is 22.7. The number of nitrogens with two attached hydrogens (primary N) is 1. The predicted octanol–water partition coefficient (Wildman–Crippen LogP) is 3.31. The third-order valence-electron chi connectivity index (χ3n) is 4.65. The predicted molar refractivity (Wildman–Crippen MR) is 87.6 cm³/mol. The number of fused-ring (bicyclic) bond motifs is 1. The number of rotatable bonds is 1. The molecule has 2 N–H and O–H groups in total. The Balaban J connectivity index is 1.95. The van der Waals surface area contributed by atoms with Crippen LogP contribution >= 0.6 is 11.3 Å². The first kappa shape index (κ1) is 14.3. The minimum absolute atomic E-state index is 0.0636. The van der Waals surface area contributed by atoms with E-state index in [4.69, 9.17) is 5.73 Å². The first-order valence-electron chi connectivity index (χ1n) is 7.42. The van der Waals surface area contributed by atoms with Crippen LogP contribution in [0.2, 0.25) is 0 Å². The molecule has 2 atom stereocenters. The van der Waals surface area contributed by atoms with Crippen molar-refractivity contribution in [2.45, 2.75) is 27.2 Å². The molecule has 112 valence electrons. The Morgan fingerprint density at radius 1 is 1.43 bits per heavy atom. The maximum Gasteiger partial charge on any atom is 0.266 e. The Kier molecular flexibility index (Phi) is 3.61. The van der Waals surface area contributed by atoms with Crippen molar-refractivity contribution in [3.05, 3.63) is 22.7 Å². The SMILES string of the molecule is Cc1ccnc2sc(C(=O)N3CCC(C)C(C)C3)c(N)c12. The highest BCUT2D eigenvalue weighted by molar-refractivity contribution is 7.21. The standard InChI is InChI=1S/C16H21N3OS/c1-9-5-7-19(8-11(9)3)16(20)14-13(17)12-10(2)4-6-18-15(12)21-14/h4,6,9,11H,5,7-8,17H2,1-3H3. The van der Waals surface area contributed by atoms with Gasteiger partial charge in [-0.25, -0.2) is 4.98 Å². The Bertz CT molecular complexity index is 694. The average molecular weight is 303 g/mol. The van der Waals surface area contributed by atoms with Crippen LogP contribution in [-0.2, 0) is 0 Å². The number of aromatic nitrogens is 1. The highest BCUT2D eigenvalue weighted by atomic mass is 32.1. The minimum atomic E-state index is 0.0636. The third-order valence-corrected chi connectivity index (χ3v) is 5.75. The Labute approximate surface area is 129 Å². The maximum absolute atomic E-state index is 12.8. The van der Waals surface area contributed by atoms with Gasteiger partial charge >= 0.3 is 0 Å². The van der Waals surface area contributed by atoms with E-state index in [-0.39, 0.29) is 5.91 Å². The van der Waals surface area contributed by atoms with Crippen molar-refractivity contribution in [2.24, 2.45) is 11.8 Å². The average Bonchev–Trinajstić information content (AvgIpc) is 2.80. The summed E-state index contributed by atoms with van der Waals surface area (Å²) in [6.07, 6.45) is 2.83. The second kappa shape index (κ2) is 5.30. The van der Waals surface area contributed by atoms with Crippen LogP contribution in [0, 0.1) is 18.8 Å². The summed E-state index contributed by atoms with van der Waals surface area (Å²) in [6.45, 7) is 8.12. The van der Waals surface area contributed by atoms with Crippen molar-refractivity contribution >= 4 is 33.1 Å². The van der Waals surface area contributed by atoms with Crippen molar-refractivity contribution in [3.8, 4) is 0 Å². The van der Waals surface area contributed by atoms with Gasteiger partial charge in [0, 0.05) is 24.7 Å². The van der Waals surface area contributed by atoms with E-state index < -0.39 is 0 Å². The van der Waals surface area contributed by atoms with Crippen LogP contribution in [0.1, 0.15) is 35.5 Å². The molecule has 3 rings (SSSR count). The van der Waals surface area contributed by atoms with Crippen molar-refractivity contribution < 1.29 is 4.79 Å². The number of carbonyl (C=O) groups excluding carboxylic acids is 1. The number of piperidine rings is 1. The van der Waals surface area contributed by atoms with Gasteiger partial charge in [0.1, 0.15) is 9.71 Å². The number of nitrogens with zero attached hydrogens (tertiary/aromatic N) is 2. The number of likely N-dealkylation sites (tertiary alicyclic amines) is 1. The van der Waals surface area contributed by atoms with E-state index in [0.29, 0.717) is 22.4 Å². The molecule has 0 aromatic carbocycles. The van der Waals surface area contributed by atoms with E-state index in [1.807, 2.05) is 17.9 Å². The summed E-state index contributed by atoms with van der Waals surface area (Å²) in [4.78, 5) is 20.6. The van der Waals surface area contributed by atoms with Crippen LogP contribution < -0.4 is 5.73 Å². The van der Waals surface area contributed by atoms with E-state index in [2.05, 4.69) is 18.8 Å². The second-order valence-electron chi connectivity index (χ2n) is 6.15. The van der Waals surface area contributed by atoms with Gasteiger partial charge in [0.25, 0.3) is 5.91 Å². The van der Waals surface area contributed by atoms with E-state index in [1.54, 1.807) is 6.20 Å². The van der Waals surface area contributed by atoms with Gasteiger partial charge in [-0.3, -0.25) is 4.79 Å². The molecule has 1 saturated heterocycles. The third kappa shape index (κ3) is 2.39. The van der Waals surface area contributed by atoms with Gasteiger partial charge in [-0.2, -0.15) is 0 Å². The lowest BCUT2D eigenvalue weighted by molar-refractivity contribution is 0.0633. The van der Waals surface area contributed by atoms with Crippen molar-refractivity contribution in [2.75, 3.05) is 18.8 Å².